The molecule has 2 heteroatoms. The fourth-order valence-electron chi connectivity index (χ4n) is 1.65. The molecule has 13 heavy (non-hydrogen) atoms. The van der Waals surface area contributed by atoms with Crippen LogP contribution in [0.15, 0.2) is 11.4 Å². The van der Waals surface area contributed by atoms with Crippen LogP contribution in [-0.2, 0) is 6.42 Å². The number of hydrogen-bond acceptors (Lipinski definition) is 2. The number of rotatable bonds is 4. The SMILES string of the molecule is Cc1ccsc1CC(C)CC(C)N. The molecule has 0 aliphatic carbocycles. The van der Waals surface area contributed by atoms with Crippen LogP contribution in [-0.4, -0.2) is 6.04 Å². The zero-order valence-corrected chi connectivity index (χ0v) is 9.53. The second kappa shape index (κ2) is 4.77. The first-order valence-electron chi connectivity index (χ1n) is 4.88. The van der Waals surface area contributed by atoms with Gasteiger partial charge in [-0.3, -0.25) is 0 Å². The zero-order valence-electron chi connectivity index (χ0n) is 8.71. The minimum Gasteiger partial charge on any atom is -0.328 e. The Morgan fingerprint density at radius 2 is 2.15 bits per heavy atom. The van der Waals surface area contributed by atoms with Crippen molar-refractivity contribution in [1.29, 1.82) is 0 Å². The zero-order chi connectivity index (χ0) is 9.84. The summed E-state index contributed by atoms with van der Waals surface area (Å²) in [5.74, 6) is 0.706. The molecule has 0 spiro atoms. The van der Waals surface area contributed by atoms with Gasteiger partial charge >= 0.3 is 0 Å². The van der Waals surface area contributed by atoms with E-state index in [2.05, 4.69) is 32.2 Å². The number of aryl methyl sites for hydroxylation is 1. The van der Waals surface area contributed by atoms with Gasteiger partial charge in [0.2, 0.25) is 0 Å². The lowest BCUT2D eigenvalue weighted by Gasteiger charge is -2.13. The van der Waals surface area contributed by atoms with Crippen LogP contribution in [0.5, 0.6) is 0 Å². The lowest BCUT2D eigenvalue weighted by Crippen LogP contribution is -2.19. The highest BCUT2D eigenvalue weighted by atomic mass is 32.1. The van der Waals surface area contributed by atoms with Crippen LogP contribution in [0, 0.1) is 12.8 Å². The van der Waals surface area contributed by atoms with Gasteiger partial charge < -0.3 is 5.73 Å². The van der Waals surface area contributed by atoms with Gasteiger partial charge in [0.05, 0.1) is 0 Å². The average molecular weight is 197 g/mol. The molecule has 0 fully saturated rings. The molecular formula is C11H19NS. The standard InChI is InChI=1S/C11H19NS/c1-8(6-10(3)12)7-11-9(2)4-5-13-11/h4-5,8,10H,6-7,12H2,1-3H3. The molecule has 2 atom stereocenters. The summed E-state index contributed by atoms with van der Waals surface area (Å²) in [4.78, 5) is 1.52. The predicted octanol–water partition coefficient (Wildman–Crippen LogP) is 2.97. The van der Waals surface area contributed by atoms with E-state index in [0.717, 1.165) is 6.42 Å². The fourth-order valence-corrected chi connectivity index (χ4v) is 2.72. The smallest absolute Gasteiger partial charge is 0.00770 e. The van der Waals surface area contributed by atoms with Crippen molar-refractivity contribution in [3.63, 3.8) is 0 Å². The maximum absolute atomic E-state index is 5.76. The van der Waals surface area contributed by atoms with Crippen LogP contribution in [0.4, 0.5) is 0 Å². The summed E-state index contributed by atoms with van der Waals surface area (Å²) in [6.45, 7) is 6.55. The van der Waals surface area contributed by atoms with E-state index in [9.17, 15) is 0 Å². The lowest BCUT2D eigenvalue weighted by molar-refractivity contribution is 0.482. The van der Waals surface area contributed by atoms with E-state index in [-0.39, 0.29) is 0 Å². The largest absolute Gasteiger partial charge is 0.328 e. The molecule has 0 aliphatic heterocycles. The first kappa shape index (κ1) is 10.7. The maximum atomic E-state index is 5.76. The summed E-state index contributed by atoms with van der Waals surface area (Å²) in [6, 6.07) is 2.52. The molecule has 0 bridgehead atoms. The molecule has 0 saturated heterocycles. The molecule has 0 aliphatic rings. The van der Waals surface area contributed by atoms with Crippen molar-refractivity contribution in [3.8, 4) is 0 Å². The normalized spacial score (nSPS) is 15.7. The molecule has 1 aromatic heterocycles. The second-order valence-corrected chi connectivity index (χ2v) is 5.05. The van der Waals surface area contributed by atoms with Crippen LogP contribution >= 0.6 is 11.3 Å². The molecular weight excluding hydrogens is 178 g/mol. The summed E-state index contributed by atoms with van der Waals surface area (Å²) >= 11 is 1.86. The van der Waals surface area contributed by atoms with E-state index in [1.54, 1.807) is 0 Å². The predicted molar refractivity (Wildman–Crippen MR) is 60.2 cm³/mol. The van der Waals surface area contributed by atoms with Gasteiger partial charge in [-0.05, 0) is 49.6 Å². The number of nitrogens with two attached hydrogens (primary N) is 1. The van der Waals surface area contributed by atoms with Crippen molar-refractivity contribution < 1.29 is 0 Å². The van der Waals surface area contributed by atoms with Gasteiger partial charge in [0.25, 0.3) is 0 Å². The van der Waals surface area contributed by atoms with Crippen LogP contribution < -0.4 is 5.73 Å². The monoisotopic (exact) mass is 197 g/mol. The summed E-state index contributed by atoms with van der Waals surface area (Å²) < 4.78 is 0. The highest BCUT2D eigenvalue weighted by molar-refractivity contribution is 7.10. The Hall–Kier alpha value is -0.340. The van der Waals surface area contributed by atoms with Gasteiger partial charge in [-0.15, -0.1) is 11.3 Å². The fraction of sp³-hybridized carbons (Fsp3) is 0.636. The second-order valence-electron chi connectivity index (χ2n) is 4.05. The Morgan fingerprint density at radius 1 is 1.46 bits per heavy atom. The molecule has 0 radical (unpaired) electrons. The van der Waals surface area contributed by atoms with Crippen molar-refractivity contribution in [2.24, 2.45) is 11.7 Å². The molecule has 74 valence electrons. The first-order chi connectivity index (χ1) is 6.09. The topological polar surface area (TPSA) is 26.0 Å². The van der Waals surface area contributed by atoms with Gasteiger partial charge in [0.1, 0.15) is 0 Å². The van der Waals surface area contributed by atoms with Crippen LogP contribution in [0.25, 0.3) is 0 Å². The summed E-state index contributed by atoms with van der Waals surface area (Å²) in [6.07, 6.45) is 2.31. The van der Waals surface area contributed by atoms with Gasteiger partial charge in [-0.1, -0.05) is 6.92 Å². The molecule has 0 amide bonds. The Kier molecular flexibility index (Phi) is 3.94. The Labute approximate surface area is 85.0 Å². The van der Waals surface area contributed by atoms with Crippen molar-refractivity contribution in [2.75, 3.05) is 0 Å². The van der Waals surface area contributed by atoms with Gasteiger partial charge in [-0.25, -0.2) is 0 Å². The van der Waals surface area contributed by atoms with Crippen molar-refractivity contribution in [1.82, 2.24) is 0 Å². The lowest BCUT2D eigenvalue weighted by atomic mass is 9.98. The molecule has 1 rings (SSSR count). The molecule has 2 N–H and O–H groups in total. The summed E-state index contributed by atoms with van der Waals surface area (Å²) in [5.41, 5.74) is 7.20. The minimum absolute atomic E-state index is 0.329. The van der Waals surface area contributed by atoms with Gasteiger partial charge in [0, 0.05) is 10.9 Å². The highest BCUT2D eigenvalue weighted by Crippen LogP contribution is 2.21. The van der Waals surface area contributed by atoms with Crippen molar-refractivity contribution in [2.45, 2.75) is 39.7 Å². The average Bonchev–Trinajstić information content (AvgIpc) is 2.34. The van der Waals surface area contributed by atoms with Crippen LogP contribution in [0.3, 0.4) is 0 Å². The van der Waals surface area contributed by atoms with E-state index >= 15 is 0 Å². The maximum Gasteiger partial charge on any atom is 0.00770 e. The highest BCUT2D eigenvalue weighted by Gasteiger charge is 2.08. The third kappa shape index (κ3) is 3.49. The Balaban J connectivity index is 2.45. The third-order valence-corrected chi connectivity index (χ3v) is 3.32. The molecule has 0 saturated carbocycles. The van der Waals surface area contributed by atoms with Crippen molar-refractivity contribution >= 4 is 11.3 Å². The van der Waals surface area contributed by atoms with Crippen molar-refractivity contribution in [3.05, 3.63) is 21.9 Å². The van der Waals surface area contributed by atoms with E-state index in [0.29, 0.717) is 12.0 Å². The number of hydrogen-bond donors (Lipinski definition) is 1. The molecule has 2 unspecified atom stereocenters. The van der Waals surface area contributed by atoms with Gasteiger partial charge in [-0.2, -0.15) is 0 Å². The minimum atomic E-state index is 0.329. The number of thiophene rings is 1. The van der Waals surface area contributed by atoms with E-state index < -0.39 is 0 Å². The molecule has 1 aromatic rings. The summed E-state index contributed by atoms with van der Waals surface area (Å²) in [7, 11) is 0. The molecule has 0 aromatic carbocycles. The van der Waals surface area contributed by atoms with Crippen LogP contribution in [0.2, 0.25) is 0 Å². The Bertz CT molecular complexity index is 252. The summed E-state index contributed by atoms with van der Waals surface area (Å²) in [5, 5.41) is 2.17. The third-order valence-electron chi connectivity index (χ3n) is 2.28. The van der Waals surface area contributed by atoms with Gasteiger partial charge in [0.15, 0.2) is 0 Å². The van der Waals surface area contributed by atoms with Crippen LogP contribution in [0.1, 0.15) is 30.7 Å². The first-order valence-corrected chi connectivity index (χ1v) is 5.76. The quantitative estimate of drug-likeness (QED) is 0.789. The molecule has 1 heterocycles. The Morgan fingerprint density at radius 3 is 2.62 bits per heavy atom. The van der Waals surface area contributed by atoms with E-state index in [1.165, 1.54) is 16.9 Å². The molecule has 1 nitrogen and oxygen atoms in total. The van der Waals surface area contributed by atoms with E-state index in [4.69, 9.17) is 5.73 Å². The van der Waals surface area contributed by atoms with E-state index in [1.807, 2.05) is 11.3 Å².